The third-order valence-electron chi connectivity index (χ3n) is 4.79. The van der Waals surface area contributed by atoms with Gasteiger partial charge in [-0.25, -0.2) is 14.4 Å². The second-order valence-corrected chi connectivity index (χ2v) is 7.32. The van der Waals surface area contributed by atoms with Crippen molar-refractivity contribution in [1.82, 2.24) is 19.7 Å². The van der Waals surface area contributed by atoms with Crippen LogP contribution in [0.25, 0.3) is 17.2 Å². The van der Waals surface area contributed by atoms with Gasteiger partial charge in [-0.3, -0.25) is 14.3 Å². The van der Waals surface area contributed by atoms with Gasteiger partial charge in [-0.2, -0.15) is 13.9 Å². The molecule has 3 aromatic rings. The number of alkyl halides is 2. The van der Waals surface area contributed by atoms with Crippen LogP contribution in [0.4, 0.5) is 24.7 Å². The molecule has 0 spiro atoms. The summed E-state index contributed by atoms with van der Waals surface area (Å²) in [6.45, 7) is 1.52. The molecule has 0 aliphatic rings. The maximum Gasteiger partial charge on any atom is 0.324 e. The Kier molecular flexibility index (Phi) is 7.29. The zero-order chi connectivity index (χ0) is 24.9. The number of halogens is 3. The molecule has 5 N–H and O–H groups in total. The summed E-state index contributed by atoms with van der Waals surface area (Å²) in [6, 6.07) is 7.54. The van der Waals surface area contributed by atoms with E-state index in [1.54, 1.807) is 18.2 Å². The molecule has 178 valence electrons. The molecule has 0 bridgehead atoms. The quantitative estimate of drug-likeness (QED) is 0.320. The van der Waals surface area contributed by atoms with Crippen molar-refractivity contribution in [3.63, 3.8) is 0 Å². The summed E-state index contributed by atoms with van der Waals surface area (Å²) in [5.74, 6) is -5.79. The summed E-state index contributed by atoms with van der Waals surface area (Å²) < 4.78 is 43.1. The Morgan fingerprint density at radius 2 is 2.03 bits per heavy atom. The largest absolute Gasteiger partial charge is 0.397 e. The van der Waals surface area contributed by atoms with Crippen molar-refractivity contribution in [2.45, 2.75) is 32.2 Å². The smallest absolute Gasteiger partial charge is 0.324 e. The average molecular weight is 473 g/mol. The molecule has 0 unspecified atom stereocenters. The minimum absolute atomic E-state index is 0.00301. The highest BCUT2D eigenvalue weighted by Gasteiger charge is 2.37. The van der Waals surface area contributed by atoms with Crippen LogP contribution in [0.5, 0.6) is 0 Å². The zero-order valence-electron chi connectivity index (χ0n) is 18.1. The summed E-state index contributed by atoms with van der Waals surface area (Å²) in [4.78, 5) is 30.8. The Labute approximate surface area is 192 Å². The van der Waals surface area contributed by atoms with Gasteiger partial charge in [0.25, 0.3) is 5.91 Å². The number of aldehydes is 1. The molecular weight excluding hydrogens is 451 g/mol. The number of rotatable bonds is 9. The Morgan fingerprint density at radius 1 is 1.29 bits per heavy atom. The number of allylic oxidation sites excluding steroid dienone is 1. The molecule has 0 saturated heterocycles. The number of hydrogen-bond donors (Lipinski definition) is 3. The lowest BCUT2D eigenvalue weighted by atomic mass is 10.2. The van der Waals surface area contributed by atoms with Gasteiger partial charge in [0.2, 0.25) is 0 Å². The van der Waals surface area contributed by atoms with Gasteiger partial charge in [-0.05, 0) is 18.6 Å². The molecule has 0 aliphatic carbocycles. The van der Waals surface area contributed by atoms with Gasteiger partial charge >= 0.3 is 5.92 Å². The van der Waals surface area contributed by atoms with E-state index < -0.39 is 24.1 Å². The molecule has 0 saturated carbocycles. The molecule has 12 heteroatoms. The van der Waals surface area contributed by atoms with E-state index in [1.807, 2.05) is 5.32 Å². The molecule has 9 nitrogen and oxygen atoms in total. The fourth-order valence-electron chi connectivity index (χ4n) is 3.08. The highest BCUT2D eigenvalue weighted by atomic mass is 19.3. The summed E-state index contributed by atoms with van der Waals surface area (Å²) in [5, 5.41) is 6.37. The summed E-state index contributed by atoms with van der Waals surface area (Å²) >= 11 is 0. The second-order valence-electron chi connectivity index (χ2n) is 7.32. The lowest BCUT2D eigenvalue weighted by Gasteiger charge is -2.15. The Hall–Kier alpha value is -4.22. The van der Waals surface area contributed by atoms with Crippen LogP contribution in [0.1, 0.15) is 31.0 Å². The highest BCUT2D eigenvalue weighted by molar-refractivity contribution is 5.97. The van der Waals surface area contributed by atoms with Crippen LogP contribution >= 0.6 is 0 Å². The normalized spacial score (nSPS) is 11.9. The number of nitrogens with two attached hydrogens (primary N) is 2. The van der Waals surface area contributed by atoms with Gasteiger partial charge in [-0.1, -0.05) is 25.1 Å². The van der Waals surface area contributed by atoms with Gasteiger partial charge in [0.05, 0.1) is 24.1 Å². The van der Waals surface area contributed by atoms with Crippen molar-refractivity contribution in [2.24, 2.45) is 5.73 Å². The summed E-state index contributed by atoms with van der Waals surface area (Å²) in [7, 11) is 0. The number of amides is 1. The van der Waals surface area contributed by atoms with Crippen molar-refractivity contribution < 1.29 is 22.8 Å². The average Bonchev–Trinajstić information content (AvgIpc) is 3.21. The molecular formula is C22H22F3N7O2. The number of aromatic nitrogens is 4. The molecule has 2 heterocycles. The molecule has 0 radical (unpaired) electrons. The van der Waals surface area contributed by atoms with Gasteiger partial charge in [0.1, 0.15) is 23.5 Å². The number of carbonyl (C=O) groups is 2. The van der Waals surface area contributed by atoms with E-state index in [0.717, 1.165) is 12.3 Å². The van der Waals surface area contributed by atoms with Crippen LogP contribution < -0.4 is 16.8 Å². The van der Waals surface area contributed by atoms with Crippen molar-refractivity contribution in [3.8, 4) is 11.5 Å². The molecule has 0 fully saturated rings. The Bertz CT molecular complexity index is 1240. The van der Waals surface area contributed by atoms with Crippen molar-refractivity contribution in [1.29, 1.82) is 0 Å². The van der Waals surface area contributed by atoms with Crippen molar-refractivity contribution >= 4 is 29.4 Å². The van der Waals surface area contributed by atoms with E-state index in [2.05, 4.69) is 15.1 Å². The number of benzene rings is 1. The minimum Gasteiger partial charge on any atom is -0.397 e. The number of carbonyl (C=O) groups excluding carboxylic acids is 2. The maximum atomic E-state index is 14.1. The molecule has 3 rings (SSSR count). The predicted molar refractivity (Wildman–Crippen MR) is 120 cm³/mol. The Morgan fingerprint density at radius 3 is 2.68 bits per heavy atom. The number of nitrogens with one attached hydrogen (secondary N) is 1. The molecule has 1 aromatic carbocycles. The molecule has 2 aromatic heterocycles. The fourth-order valence-corrected chi connectivity index (χ4v) is 3.08. The number of hydrogen-bond acceptors (Lipinski definition) is 7. The summed E-state index contributed by atoms with van der Waals surface area (Å²) in [5.41, 5.74) is 12.5. The van der Waals surface area contributed by atoms with Crippen LogP contribution in [0, 0.1) is 5.82 Å². The number of nitrogens with zero attached hydrogens (tertiary/aromatic N) is 4. The van der Waals surface area contributed by atoms with Crippen molar-refractivity contribution in [2.75, 3.05) is 11.1 Å². The van der Waals surface area contributed by atoms with Crippen LogP contribution in [0.15, 0.2) is 42.6 Å². The first-order valence-electron chi connectivity index (χ1n) is 10.2. The standard InChI is InChI=1S/C22H22F3N7O2/c1-2-8-22(24,25)21(34)29-17-11-28-20(30-19(17)27)16-10-18(15(26)7-9-33)32(31-16)12-13-5-3-4-6-14(13)23/h3-7,9-11H,2,8,12,26H2,1H3,(H,29,34)(H2,27,28,30). The monoisotopic (exact) mass is 473 g/mol. The lowest BCUT2D eigenvalue weighted by molar-refractivity contribution is -0.140. The Balaban J connectivity index is 1.94. The van der Waals surface area contributed by atoms with Gasteiger partial charge < -0.3 is 16.8 Å². The van der Waals surface area contributed by atoms with Crippen molar-refractivity contribution in [3.05, 3.63) is 59.7 Å². The third kappa shape index (κ3) is 5.39. The van der Waals surface area contributed by atoms with E-state index in [9.17, 15) is 22.8 Å². The predicted octanol–water partition coefficient (Wildman–Crippen LogP) is 2.98. The van der Waals surface area contributed by atoms with Crippen LogP contribution in [0.2, 0.25) is 0 Å². The van der Waals surface area contributed by atoms with Gasteiger partial charge in [0.15, 0.2) is 11.6 Å². The SMILES string of the molecule is CCCC(F)(F)C(=O)Nc1cnc(-c2cc(C(N)=CC=O)n(Cc3ccccc3F)n2)nc1N. The first kappa shape index (κ1) is 24.4. The van der Waals surface area contributed by atoms with Crippen LogP contribution in [-0.4, -0.2) is 37.9 Å². The first-order chi connectivity index (χ1) is 16.2. The molecule has 1 amide bonds. The molecule has 0 aliphatic heterocycles. The first-order valence-corrected chi connectivity index (χ1v) is 10.2. The molecule has 0 atom stereocenters. The van der Waals surface area contributed by atoms with Crippen LogP contribution in [0.3, 0.4) is 0 Å². The van der Waals surface area contributed by atoms with E-state index in [0.29, 0.717) is 17.5 Å². The topological polar surface area (TPSA) is 142 Å². The van der Waals surface area contributed by atoms with E-state index in [4.69, 9.17) is 11.5 Å². The van der Waals surface area contributed by atoms with E-state index in [-0.39, 0.29) is 41.7 Å². The van der Waals surface area contributed by atoms with E-state index >= 15 is 0 Å². The van der Waals surface area contributed by atoms with Crippen LogP contribution in [-0.2, 0) is 16.1 Å². The number of nitrogen functional groups attached to an aromatic ring is 1. The minimum atomic E-state index is -3.57. The zero-order valence-corrected chi connectivity index (χ0v) is 18.1. The lowest BCUT2D eigenvalue weighted by Crippen LogP contribution is -2.34. The number of anilines is 2. The van der Waals surface area contributed by atoms with Gasteiger partial charge in [0, 0.05) is 18.1 Å². The summed E-state index contributed by atoms with van der Waals surface area (Å²) in [6.07, 6.45) is 2.19. The fraction of sp³-hybridized carbons (Fsp3) is 0.227. The van der Waals surface area contributed by atoms with Gasteiger partial charge in [-0.15, -0.1) is 0 Å². The maximum absolute atomic E-state index is 14.1. The van der Waals surface area contributed by atoms with E-state index in [1.165, 1.54) is 23.7 Å². The molecule has 34 heavy (non-hydrogen) atoms. The third-order valence-corrected chi connectivity index (χ3v) is 4.79. The highest BCUT2D eigenvalue weighted by Crippen LogP contribution is 2.26. The second kappa shape index (κ2) is 10.1.